The van der Waals surface area contributed by atoms with Gasteiger partial charge in [0.05, 0.1) is 38.3 Å². The predicted octanol–water partition coefficient (Wildman–Crippen LogP) is 1.02. The average molecular weight is 452 g/mol. The monoisotopic (exact) mass is 452 g/mol. The van der Waals surface area contributed by atoms with E-state index in [0.29, 0.717) is 35.8 Å². The number of rotatable bonds is 8. The number of amides is 2. The van der Waals surface area contributed by atoms with E-state index in [4.69, 9.17) is 15.2 Å². The zero-order valence-corrected chi connectivity index (χ0v) is 18.5. The molecule has 33 heavy (non-hydrogen) atoms. The Hall–Kier alpha value is -4.19. The van der Waals surface area contributed by atoms with E-state index in [9.17, 15) is 9.59 Å². The van der Waals surface area contributed by atoms with E-state index in [2.05, 4.69) is 25.5 Å². The Bertz CT molecular complexity index is 1190. The van der Waals surface area contributed by atoms with E-state index in [0.717, 1.165) is 11.3 Å². The van der Waals surface area contributed by atoms with E-state index < -0.39 is 5.91 Å². The van der Waals surface area contributed by atoms with Gasteiger partial charge in [0.15, 0.2) is 11.5 Å². The van der Waals surface area contributed by atoms with Gasteiger partial charge >= 0.3 is 0 Å². The largest absolute Gasteiger partial charge is 0.493 e. The first-order valence-electron chi connectivity index (χ1n) is 10.1. The number of anilines is 3. The van der Waals surface area contributed by atoms with E-state index in [1.54, 1.807) is 30.6 Å². The number of benzene rings is 1. The standard InChI is InChI=1S/C21H24N8O4/c1-28(7-5-22)15-4-6-23-10-14(15)24-19(30)18-25-21(27-26-18)29-11-12-8-16(32-2)17(33-3)9-13(12)20(29)31/h4,6,8-10H,5,7,11,22H2,1-3H3,(H,24,30)(H,25,26,27). The molecule has 0 saturated heterocycles. The zero-order valence-electron chi connectivity index (χ0n) is 18.5. The number of hydrogen-bond donors (Lipinski definition) is 3. The van der Waals surface area contributed by atoms with Gasteiger partial charge in [-0.1, -0.05) is 0 Å². The molecule has 12 nitrogen and oxygen atoms in total. The Morgan fingerprint density at radius 2 is 2.06 bits per heavy atom. The lowest BCUT2D eigenvalue weighted by Crippen LogP contribution is -2.26. The van der Waals surface area contributed by atoms with Gasteiger partial charge in [-0.2, -0.15) is 4.98 Å². The second-order valence-electron chi connectivity index (χ2n) is 7.30. The van der Waals surface area contributed by atoms with Crippen LogP contribution in [-0.2, 0) is 6.54 Å². The van der Waals surface area contributed by atoms with Gasteiger partial charge in [0.1, 0.15) is 0 Å². The van der Waals surface area contributed by atoms with Crippen molar-refractivity contribution in [3.8, 4) is 11.5 Å². The normalized spacial score (nSPS) is 12.5. The molecule has 0 fully saturated rings. The Kier molecular flexibility index (Phi) is 6.09. The maximum atomic E-state index is 12.9. The lowest BCUT2D eigenvalue weighted by atomic mass is 10.1. The van der Waals surface area contributed by atoms with Gasteiger partial charge in [0.2, 0.25) is 5.82 Å². The second-order valence-corrected chi connectivity index (χ2v) is 7.30. The summed E-state index contributed by atoms with van der Waals surface area (Å²) in [7, 11) is 4.90. The summed E-state index contributed by atoms with van der Waals surface area (Å²) in [6.45, 7) is 1.30. The van der Waals surface area contributed by atoms with Crippen LogP contribution < -0.4 is 30.3 Å². The van der Waals surface area contributed by atoms with Crippen LogP contribution in [0.5, 0.6) is 11.5 Å². The number of aromatic nitrogens is 4. The minimum absolute atomic E-state index is 0.0415. The number of nitrogens with zero attached hydrogens (tertiary/aromatic N) is 5. The Labute approximate surface area is 189 Å². The Morgan fingerprint density at radius 1 is 1.30 bits per heavy atom. The topological polar surface area (TPSA) is 152 Å². The highest BCUT2D eigenvalue weighted by molar-refractivity contribution is 6.10. The quantitative estimate of drug-likeness (QED) is 0.455. The van der Waals surface area contributed by atoms with Crippen molar-refractivity contribution in [1.29, 1.82) is 0 Å². The molecule has 1 aliphatic rings. The number of pyridine rings is 1. The molecular weight excluding hydrogens is 428 g/mol. The number of fused-ring (bicyclic) bond motifs is 1. The maximum absolute atomic E-state index is 12.9. The van der Waals surface area contributed by atoms with Crippen LogP contribution in [0.3, 0.4) is 0 Å². The average Bonchev–Trinajstić information content (AvgIpc) is 3.43. The van der Waals surface area contributed by atoms with E-state index in [1.165, 1.54) is 19.1 Å². The van der Waals surface area contributed by atoms with Crippen molar-refractivity contribution in [2.45, 2.75) is 6.54 Å². The molecule has 12 heteroatoms. The predicted molar refractivity (Wildman–Crippen MR) is 121 cm³/mol. The molecular formula is C21H24N8O4. The van der Waals surface area contributed by atoms with Gasteiger partial charge in [0.25, 0.3) is 17.8 Å². The van der Waals surface area contributed by atoms with Crippen LogP contribution >= 0.6 is 0 Å². The smallest absolute Gasteiger partial charge is 0.293 e. The third-order valence-electron chi connectivity index (χ3n) is 5.27. The van der Waals surface area contributed by atoms with E-state index >= 15 is 0 Å². The van der Waals surface area contributed by atoms with Gasteiger partial charge in [0, 0.05) is 31.9 Å². The molecule has 4 rings (SSSR count). The minimum atomic E-state index is -0.517. The zero-order chi connectivity index (χ0) is 23.5. The number of nitrogens with two attached hydrogens (primary N) is 1. The van der Waals surface area contributed by atoms with Crippen molar-refractivity contribution in [2.24, 2.45) is 5.73 Å². The second kappa shape index (κ2) is 9.12. The number of hydrogen-bond acceptors (Lipinski definition) is 9. The molecule has 2 amide bonds. The lowest BCUT2D eigenvalue weighted by Gasteiger charge is -2.21. The van der Waals surface area contributed by atoms with Crippen LogP contribution in [0.2, 0.25) is 0 Å². The molecule has 1 aliphatic heterocycles. The molecule has 172 valence electrons. The van der Waals surface area contributed by atoms with Crippen molar-refractivity contribution < 1.29 is 19.1 Å². The first kappa shape index (κ1) is 22.0. The highest BCUT2D eigenvalue weighted by Gasteiger charge is 2.33. The third kappa shape index (κ3) is 4.15. The summed E-state index contributed by atoms with van der Waals surface area (Å²) >= 11 is 0. The van der Waals surface area contributed by atoms with Crippen LogP contribution in [0.4, 0.5) is 17.3 Å². The molecule has 0 unspecified atom stereocenters. The number of nitrogens with one attached hydrogen (secondary N) is 2. The van der Waals surface area contributed by atoms with Crippen LogP contribution in [0.25, 0.3) is 0 Å². The lowest BCUT2D eigenvalue weighted by molar-refractivity contribution is 0.0990. The number of aromatic amines is 1. The van der Waals surface area contributed by atoms with Crippen molar-refractivity contribution in [3.63, 3.8) is 0 Å². The van der Waals surface area contributed by atoms with Crippen LogP contribution in [-0.4, -0.2) is 66.3 Å². The van der Waals surface area contributed by atoms with Gasteiger partial charge in [-0.05, 0) is 23.8 Å². The summed E-state index contributed by atoms with van der Waals surface area (Å²) in [6.07, 6.45) is 3.17. The molecule has 2 aromatic heterocycles. The number of carbonyl (C=O) groups excluding carboxylic acids is 2. The Balaban J connectivity index is 1.53. The summed E-state index contributed by atoms with van der Waals surface area (Å²) in [5.41, 5.74) is 8.10. The van der Waals surface area contributed by atoms with Gasteiger partial charge in [-0.15, -0.1) is 5.10 Å². The Morgan fingerprint density at radius 3 is 2.79 bits per heavy atom. The van der Waals surface area contributed by atoms with Crippen LogP contribution in [0.15, 0.2) is 30.6 Å². The molecule has 4 N–H and O–H groups in total. The summed E-state index contributed by atoms with van der Waals surface area (Å²) < 4.78 is 10.6. The molecule has 0 spiro atoms. The van der Waals surface area contributed by atoms with E-state index in [-0.39, 0.29) is 24.2 Å². The number of H-pyrrole nitrogens is 1. The fourth-order valence-corrected chi connectivity index (χ4v) is 3.59. The number of methoxy groups -OCH3 is 2. The third-order valence-corrected chi connectivity index (χ3v) is 5.27. The summed E-state index contributed by atoms with van der Waals surface area (Å²) in [4.78, 5) is 37.3. The van der Waals surface area contributed by atoms with E-state index in [1.807, 2.05) is 11.9 Å². The molecule has 0 saturated carbocycles. The maximum Gasteiger partial charge on any atom is 0.293 e. The molecule has 0 aliphatic carbocycles. The van der Waals surface area contributed by atoms with Gasteiger partial charge in [-0.25, -0.2) is 0 Å². The fraction of sp³-hybridized carbons (Fsp3) is 0.286. The van der Waals surface area contributed by atoms with Crippen LogP contribution in [0, 0.1) is 0 Å². The van der Waals surface area contributed by atoms with Crippen molar-refractivity contribution in [2.75, 3.05) is 49.5 Å². The molecule has 3 aromatic rings. The molecule has 0 radical (unpaired) electrons. The molecule has 3 heterocycles. The summed E-state index contributed by atoms with van der Waals surface area (Å²) in [5.74, 6) is 0.207. The van der Waals surface area contributed by atoms with Gasteiger partial charge in [-0.3, -0.25) is 24.6 Å². The number of carbonyl (C=O) groups is 2. The first-order chi connectivity index (χ1) is 16.0. The van der Waals surface area contributed by atoms with Crippen LogP contribution in [0.1, 0.15) is 26.5 Å². The molecule has 0 bridgehead atoms. The van der Waals surface area contributed by atoms with Gasteiger partial charge < -0.3 is 25.4 Å². The number of likely N-dealkylation sites (N-methyl/N-ethyl adjacent to an activating group) is 1. The summed E-state index contributed by atoms with van der Waals surface area (Å²) in [5, 5.41) is 9.44. The first-order valence-corrected chi connectivity index (χ1v) is 10.1. The molecule has 1 aromatic carbocycles. The van der Waals surface area contributed by atoms with Crippen molar-refractivity contribution >= 4 is 29.1 Å². The van der Waals surface area contributed by atoms with Crippen molar-refractivity contribution in [1.82, 2.24) is 20.2 Å². The minimum Gasteiger partial charge on any atom is -0.493 e. The highest BCUT2D eigenvalue weighted by Crippen LogP contribution is 2.36. The summed E-state index contributed by atoms with van der Waals surface area (Å²) in [6, 6.07) is 5.15. The number of ether oxygens (including phenoxy) is 2. The SMILES string of the molecule is COc1cc2c(cc1OC)C(=O)N(c1n[nH]c(C(=O)Nc3cnccc3N(C)CCN)n1)C2. The fourth-order valence-electron chi connectivity index (χ4n) is 3.59. The van der Waals surface area contributed by atoms with Crippen molar-refractivity contribution in [3.05, 3.63) is 47.5 Å². The highest BCUT2D eigenvalue weighted by atomic mass is 16.5. The molecule has 0 atom stereocenters.